The predicted octanol–water partition coefficient (Wildman–Crippen LogP) is 2.37. The van der Waals surface area contributed by atoms with Gasteiger partial charge in [-0.25, -0.2) is 4.98 Å². The highest BCUT2D eigenvalue weighted by Gasteiger charge is 2.21. The van der Waals surface area contributed by atoms with E-state index in [1.807, 2.05) is 13.0 Å². The van der Waals surface area contributed by atoms with Crippen LogP contribution in [-0.4, -0.2) is 4.98 Å². The number of nitrogens with zero attached hydrogens (tertiary/aromatic N) is 2. The van der Waals surface area contributed by atoms with Gasteiger partial charge < -0.3 is 10.6 Å². The first-order chi connectivity index (χ1) is 8.78. The van der Waals surface area contributed by atoms with Gasteiger partial charge in [0.05, 0.1) is 0 Å². The molecule has 0 fully saturated rings. The predicted molar refractivity (Wildman–Crippen MR) is 73.2 cm³/mol. The minimum atomic E-state index is 0.537. The van der Waals surface area contributed by atoms with E-state index in [0.717, 1.165) is 30.2 Å². The van der Waals surface area contributed by atoms with Crippen LogP contribution in [0.25, 0.3) is 0 Å². The molecule has 0 radical (unpaired) electrons. The van der Waals surface area contributed by atoms with Crippen LogP contribution < -0.4 is 10.6 Å². The number of anilines is 1. The lowest BCUT2D eigenvalue weighted by Gasteiger charge is -2.20. The summed E-state index contributed by atoms with van der Waals surface area (Å²) in [6.45, 7) is 4.42. The van der Waals surface area contributed by atoms with E-state index in [4.69, 9.17) is 5.73 Å². The maximum atomic E-state index is 5.81. The van der Waals surface area contributed by atoms with Crippen molar-refractivity contribution in [3.05, 3.63) is 58.8 Å². The fourth-order valence-electron chi connectivity index (χ4n) is 2.49. The van der Waals surface area contributed by atoms with Crippen molar-refractivity contribution in [1.82, 2.24) is 4.98 Å². The number of fused-ring (bicyclic) bond motifs is 1. The van der Waals surface area contributed by atoms with Gasteiger partial charge in [-0.15, -0.1) is 0 Å². The first kappa shape index (κ1) is 11.2. The van der Waals surface area contributed by atoms with Crippen molar-refractivity contribution in [2.24, 2.45) is 5.73 Å². The summed E-state index contributed by atoms with van der Waals surface area (Å²) in [5, 5.41) is 0. The highest BCUT2D eigenvalue weighted by Crippen LogP contribution is 2.29. The van der Waals surface area contributed by atoms with Crippen LogP contribution in [0.15, 0.2) is 36.4 Å². The van der Waals surface area contributed by atoms with E-state index in [1.54, 1.807) is 0 Å². The summed E-state index contributed by atoms with van der Waals surface area (Å²) in [7, 11) is 0. The maximum Gasteiger partial charge on any atom is 0.133 e. The van der Waals surface area contributed by atoms with Gasteiger partial charge in [0.25, 0.3) is 0 Å². The molecule has 1 aliphatic rings. The number of nitrogens with two attached hydrogens (primary N) is 1. The largest absolute Gasteiger partial charge is 0.348 e. The van der Waals surface area contributed by atoms with Gasteiger partial charge >= 0.3 is 0 Å². The van der Waals surface area contributed by atoms with Crippen LogP contribution in [0.3, 0.4) is 0 Å². The SMILES string of the molecule is Cc1ccc(CN)c(N2Cc3ccccc3C2)n1. The van der Waals surface area contributed by atoms with E-state index in [9.17, 15) is 0 Å². The Bertz CT molecular complexity index is 553. The zero-order chi connectivity index (χ0) is 12.5. The minimum absolute atomic E-state index is 0.537. The van der Waals surface area contributed by atoms with Gasteiger partial charge in [0.15, 0.2) is 0 Å². The summed E-state index contributed by atoms with van der Waals surface area (Å²) in [6, 6.07) is 12.7. The molecule has 2 N–H and O–H groups in total. The van der Waals surface area contributed by atoms with Crippen LogP contribution in [0.4, 0.5) is 5.82 Å². The van der Waals surface area contributed by atoms with Crippen LogP contribution >= 0.6 is 0 Å². The topological polar surface area (TPSA) is 42.1 Å². The Labute approximate surface area is 107 Å². The number of rotatable bonds is 2. The molecule has 1 aromatic carbocycles. The van der Waals surface area contributed by atoms with Gasteiger partial charge in [-0.1, -0.05) is 30.3 Å². The van der Waals surface area contributed by atoms with Gasteiger partial charge in [0.2, 0.25) is 0 Å². The summed E-state index contributed by atoms with van der Waals surface area (Å²) in [5.74, 6) is 1.04. The fourth-order valence-corrected chi connectivity index (χ4v) is 2.49. The molecule has 3 heteroatoms. The molecule has 3 rings (SSSR count). The summed E-state index contributed by atoms with van der Waals surface area (Å²) >= 11 is 0. The van der Waals surface area contributed by atoms with E-state index in [-0.39, 0.29) is 0 Å². The summed E-state index contributed by atoms with van der Waals surface area (Å²) in [5.41, 5.74) is 10.8. The zero-order valence-electron chi connectivity index (χ0n) is 10.6. The average molecular weight is 239 g/mol. The molecule has 0 saturated heterocycles. The number of pyridine rings is 1. The molecule has 0 spiro atoms. The van der Waals surface area contributed by atoms with Gasteiger partial charge in [-0.2, -0.15) is 0 Å². The average Bonchev–Trinajstić information content (AvgIpc) is 2.82. The Hall–Kier alpha value is -1.87. The fraction of sp³-hybridized carbons (Fsp3) is 0.267. The lowest BCUT2D eigenvalue weighted by atomic mass is 10.1. The Balaban J connectivity index is 1.97. The van der Waals surface area contributed by atoms with Crippen molar-refractivity contribution in [2.45, 2.75) is 26.6 Å². The van der Waals surface area contributed by atoms with Gasteiger partial charge in [-0.05, 0) is 24.1 Å². The molecule has 92 valence electrons. The third-order valence-electron chi connectivity index (χ3n) is 3.46. The van der Waals surface area contributed by atoms with E-state index in [1.165, 1.54) is 11.1 Å². The number of hydrogen-bond acceptors (Lipinski definition) is 3. The molecule has 0 unspecified atom stereocenters. The van der Waals surface area contributed by atoms with Gasteiger partial charge in [-0.3, -0.25) is 0 Å². The first-order valence-corrected chi connectivity index (χ1v) is 6.26. The monoisotopic (exact) mass is 239 g/mol. The Morgan fingerprint density at radius 3 is 2.39 bits per heavy atom. The number of benzene rings is 1. The third-order valence-corrected chi connectivity index (χ3v) is 3.46. The molecule has 1 aromatic heterocycles. The quantitative estimate of drug-likeness (QED) is 0.874. The van der Waals surface area contributed by atoms with Crippen molar-refractivity contribution in [3.8, 4) is 0 Å². The number of aryl methyl sites for hydroxylation is 1. The third kappa shape index (κ3) is 1.87. The molecule has 3 nitrogen and oxygen atoms in total. The second-order valence-corrected chi connectivity index (χ2v) is 4.76. The molecular weight excluding hydrogens is 222 g/mol. The molecule has 0 saturated carbocycles. The molecule has 0 atom stereocenters. The molecule has 2 aromatic rings. The van der Waals surface area contributed by atoms with Crippen LogP contribution in [0, 0.1) is 6.92 Å². The normalized spacial score (nSPS) is 13.8. The number of hydrogen-bond donors (Lipinski definition) is 1. The summed E-state index contributed by atoms with van der Waals surface area (Å²) < 4.78 is 0. The zero-order valence-corrected chi connectivity index (χ0v) is 10.6. The van der Waals surface area contributed by atoms with Crippen molar-refractivity contribution >= 4 is 5.82 Å². The van der Waals surface area contributed by atoms with Crippen molar-refractivity contribution in [3.63, 3.8) is 0 Å². The van der Waals surface area contributed by atoms with E-state index in [0.29, 0.717) is 6.54 Å². The molecule has 0 aliphatic carbocycles. The van der Waals surface area contributed by atoms with E-state index >= 15 is 0 Å². The standard InChI is InChI=1S/C15H17N3/c1-11-6-7-12(8-16)15(17-11)18-9-13-4-2-3-5-14(13)10-18/h2-7H,8-10,16H2,1H3. The van der Waals surface area contributed by atoms with Crippen molar-refractivity contribution < 1.29 is 0 Å². The van der Waals surface area contributed by atoms with Crippen LogP contribution in [0.5, 0.6) is 0 Å². The second kappa shape index (κ2) is 4.42. The van der Waals surface area contributed by atoms with Crippen LogP contribution in [0.1, 0.15) is 22.4 Å². The minimum Gasteiger partial charge on any atom is -0.348 e. The van der Waals surface area contributed by atoms with Gasteiger partial charge in [0.1, 0.15) is 5.82 Å². The summed E-state index contributed by atoms with van der Waals surface area (Å²) in [6.07, 6.45) is 0. The Morgan fingerprint density at radius 1 is 1.11 bits per heavy atom. The molecule has 0 bridgehead atoms. The van der Waals surface area contributed by atoms with Crippen LogP contribution in [-0.2, 0) is 19.6 Å². The molecule has 18 heavy (non-hydrogen) atoms. The van der Waals surface area contributed by atoms with Crippen LogP contribution in [0.2, 0.25) is 0 Å². The molecule has 1 aliphatic heterocycles. The number of aromatic nitrogens is 1. The second-order valence-electron chi connectivity index (χ2n) is 4.76. The first-order valence-electron chi connectivity index (χ1n) is 6.26. The highest BCUT2D eigenvalue weighted by molar-refractivity contribution is 5.52. The molecular formula is C15H17N3. The lowest BCUT2D eigenvalue weighted by molar-refractivity contribution is 0.834. The Morgan fingerprint density at radius 2 is 1.78 bits per heavy atom. The molecule has 0 amide bonds. The summed E-state index contributed by atoms with van der Waals surface area (Å²) in [4.78, 5) is 6.96. The highest BCUT2D eigenvalue weighted by atomic mass is 15.2. The van der Waals surface area contributed by atoms with Crippen molar-refractivity contribution in [2.75, 3.05) is 4.90 Å². The lowest BCUT2D eigenvalue weighted by Crippen LogP contribution is -2.19. The van der Waals surface area contributed by atoms with E-state index in [2.05, 4.69) is 40.2 Å². The van der Waals surface area contributed by atoms with Crippen molar-refractivity contribution in [1.29, 1.82) is 0 Å². The Kier molecular flexibility index (Phi) is 2.76. The van der Waals surface area contributed by atoms with Gasteiger partial charge in [0, 0.05) is 30.9 Å². The smallest absolute Gasteiger partial charge is 0.133 e. The maximum absolute atomic E-state index is 5.81. The molecule has 2 heterocycles. The van der Waals surface area contributed by atoms with E-state index < -0.39 is 0 Å².